The van der Waals surface area contributed by atoms with Crippen LogP contribution in [0, 0.1) is 5.92 Å². The molecule has 0 aliphatic heterocycles. The van der Waals surface area contributed by atoms with Crippen molar-refractivity contribution < 1.29 is 5.11 Å². The fourth-order valence-electron chi connectivity index (χ4n) is 2.99. The van der Waals surface area contributed by atoms with E-state index in [4.69, 9.17) is 5.73 Å². The zero-order chi connectivity index (χ0) is 10.7. The van der Waals surface area contributed by atoms with Gasteiger partial charge in [-0.2, -0.15) is 0 Å². The molecule has 4 atom stereocenters. The van der Waals surface area contributed by atoms with Crippen LogP contribution < -0.4 is 11.1 Å². The van der Waals surface area contributed by atoms with Crippen molar-refractivity contribution in [3.8, 4) is 0 Å². The Labute approximate surface area is 92.4 Å². The fraction of sp³-hybridized carbons (Fsp3) is 1.00. The van der Waals surface area contributed by atoms with Crippen molar-refractivity contribution in [3.63, 3.8) is 0 Å². The van der Waals surface area contributed by atoms with Crippen LogP contribution in [0.5, 0.6) is 0 Å². The first kappa shape index (κ1) is 11.4. The average Bonchev–Trinajstić information content (AvgIpc) is 2.61. The highest BCUT2D eigenvalue weighted by Gasteiger charge is 2.26. The first-order chi connectivity index (χ1) is 7.25. The normalized spacial score (nSPS) is 42.0. The molecule has 0 aromatic carbocycles. The Morgan fingerprint density at radius 2 is 1.93 bits per heavy atom. The molecule has 0 amide bonds. The summed E-state index contributed by atoms with van der Waals surface area (Å²) in [6.07, 6.45) is 8.13. The lowest BCUT2D eigenvalue weighted by Gasteiger charge is -2.29. The second kappa shape index (κ2) is 5.28. The van der Waals surface area contributed by atoms with E-state index in [1.165, 1.54) is 32.1 Å². The molecule has 88 valence electrons. The summed E-state index contributed by atoms with van der Waals surface area (Å²) in [6.45, 7) is 0.985. The molecule has 0 aromatic heterocycles. The van der Waals surface area contributed by atoms with E-state index in [0.717, 1.165) is 19.4 Å². The van der Waals surface area contributed by atoms with Crippen LogP contribution in [0.4, 0.5) is 0 Å². The van der Waals surface area contributed by atoms with E-state index < -0.39 is 0 Å². The molecular weight excluding hydrogens is 188 g/mol. The standard InChI is InChI=1S/C12H24N2O/c13-10-4-2-5-11(7-10)14-8-9-3-1-6-12(9)15/h9-12,14-15H,1-8,13H2. The molecule has 4 unspecified atom stereocenters. The lowest BCUT2D eigenvalue weighted by molar-refractivity contribution is 0.128. The summed E-state index contributed by atoms with van der Waals surface area (Å²) in [5.41, 5.74) is 5.95. The summed E-state index contributed by atoms with van der Waals surface area (Å²) in [5, 5.41) is 13.3. The van der Waals surface area contributed by atoms with Crippen molar-refractivity contribution in [2.75, 3.05) is 6.54 Å². The Kier molecular flexibility index (Phi) is 4.00. The van der Waals surface area contributed by atoms with Gasteiger partial charge in [0.15, 0.2) is 0 Å². The number of aliphatic hydroxyl groups excluding tert-OH is 1. The molecule has 3 nitrogen and oxygen atoms in total. The summed E-state index contributed by atoms with van der Waals surface area (Å²) >= 11 is 0. The minimum atomic E-state index is -0.0604. The maximum atomic E-state index is 9.71. The highest BCUT2D eigenvalue weighted by molar-refractivity contribution is 4.83. The highest BCUT2D eigenvalue weighted by atomic mass is 16.3. The summed E-state index contributed by atoms with van der Waals surface area (Å²) < 4.78 is 0. The monoisotopic (exact) mass is 212 g/mol. The summed E-state index contributed by atoms with van der Waals surface area (Å²) in [5.74, 6) is 0.489. The van der Waals surface area contributed by atoms with Gasteiger partial charge in [-0.3, -0.25) is 0 Å². The predicted octanol–water partition coefficient (Wildman–Crippen LogP) is 1.01. The minimum absolute atomic E-state index is 0.0604. The molecule has 2 rings (SSSR count). The molecule has 2 aliphatic rings. The average molecular weight is 212 g/mol. The van der Waals surface area contributed by atoms with E-state index in [0.29, 0.717) is 18.0 Å². The van der Waals surface area contributed by atoms with Crippen LogP contribution in [0.3, 0.4) is 0 Å². The van der Waals surface area contributed by atoms with Gasteiger partial charge in [0.05, 0.1) is 6.10 Å². The quantitative estimate of drug-likeness (QED) is 0.654. The third-order valence-electron chi connectivity index (χ3n) is 4.00. The number of nitrogens with one attached hydrogen (secondary N) is 1. The van der Waals surface area contributed by atoms with Gasteiger partial charge in [-0.1, -0.05) is 12.8 Å². The molecular formula is C12H24N2O. The molecule has 0 saturated heterocycles. The largest absolute Gasteiger partial charge is 0.393 e. The topological polar surface area (TPSA) is 58.3 Å². The van der Waals surface area contributed by atoms with Gasteiger partial charge in [-0.05, 0) is 38.0 Å². The van der Waals surface area contributed by atoms with Gasteiger partial charge in [0.1, 0.15) is 0 Å². The molecule has 0 radical (unpaired) electrons. The first-order valence-electron chi connectivity index (χ1n) is 6.42. The van der Waals surface area contributed by atoms with Gasteiger partial charge in [0, 0.05) is 18.6 Å². The van der Waals surface area contributed by atoms with E-state index >= 15 is 0 Å². The third kappa shape index (κ3) is 3.16. The summed E-state index contributed by atoms with van der Waals surface area (Å²) in [6, 6.07) is 0.992. The van der Waals surface area contributed by atoms with Gasteiger partial charge in [-0.25, -0.2) is 0 Å². The number of aliphatic hydroxyl groups is 1. The second-order valence-electron chi connectivity index (χ2n) is 5.29. The van der Waals surface area contributed by atoms with Crippen LogP contribution in [0.15, 0.2) is 0 Å². The minimum Gasteiger partial charge on any atom is -0.393 e. The molecule has 0 aromatic rings. The van der Waals surface area contributed by atoms with Gasteiger partial charge >= 0.3 is 0 Å². The van der Waals surface area contributed by atoms with Crippen molar-refractivity contribution in [2.45, 2.75) is 63.1 Å². The highest BCUT2D eigenvalue weighted by Crippen LogP contribution is 2.25. The molecule has 2 fully saturated rings. The number of nitrogens with two attached hydrogens (primary N) is 1. The second-order valence-corrected chi connectivity index (χ2v) is 5.29. The van der Waals surface area contributed by atoms with Crippen LogP contribution in [0.1, 0.15) is 44.9 Å². The Morgan fingerprint density at radius 3 is 2.60 bits per heavy atom. The smallest absolute Gasteiger partial charge is 0.0580 e. The van der Waals surface area contributed by atoms with Crippen LogP contribution in [0.25, 0.3) is 0 Å². The van der Waals surface area contributed by atoms with E-state index in [-0.39, 0.29) is 6.10 Å². The number of hydrogen-bond donors (Lipinski definition) is 3. The van der Waals surface area contributed by atoms with Gasteiger partial charge in [0.25, 0.3) is 0 Å². The number of hydrogen-bond acceptors (Lipinski definition) is 3. The van der Waals surface area contributed by atoms with Crippen LogP contribution in [0.2, 0.25) is 0 Å². The lowest BCUT2D eigenvalue weighted by atomic mass is 9.91. The molecule has 15 heavy (non-hydrogen) atoms. The molecule has 2 saturated carbocycles. The van der Waals surface area contributed by atoms with Crippen molar-refractivity contribution in [2.24, 2.45) is 11.7 Å². The van der Waals surface area contributed by atoms with Crippen LogP contribution >= 0.6 is 0 Å². The van der Waals surface area contributed by atoms with Gasteiger partial charge in [-0.15, -0.1) is 0 Å². The Balaban J connectivity index is 1.68. The maximum Gasteiger partial charge on any atom is 0.0580 e. The summed E-state index contributed by atoms with van der Waals surface area (Å²) in [7, 11) is 0. The van der Waals surface area contributed by atoms with E-state index in [1.807, 2.05) is 0 Å². The Bertz CT molecular complexity index is 198. The molecule has 0 heterocycles. The SMILES string of the molecule is NC1CCCC(NCC2CCCC2O)C1. The van der Waals surface area contributed by atoms with E-state index in [1.54, 1.807) is 0 Å². The molecule has 0 bridgehead atoms. The molecule has 2 aliphatic carbocycles. The van der Waals surface area contributed by atoms with Crippen molar-refractivity contribution in [1.29, 1.82) is 0 Å². The predicted molar refractivity (Wildman–Crippen MR) is 61.6 cm³/mol. The van der Waals surface area contributed by atoms with E-state index in [9.17, 15) is 5.11 Å². The van der Waals surface area contributed by atoms with Crippen molar-refractivity contribution in [3.05, 3.63) is 0 Å². The van der Waals surface area contributed by atoms with Crippen LogP contribution in [-0.4, -0.2) is 29.8 Å². The van der Waals surface area contributed by atoms with Crippen LogP contribution in [-0.2, 0) is 0 Å². The van der Waals surface area contributed by atoms with E-state index in [2.05, 4.69) is 5.32 Å². The number of rotatable bonds is 3. The van der Waals surface area contributed by atoms with Gasteiger partial charge in [0.2, 0.25) is 0 Å². The zero-order valence-corrected chi connectivity index (χ0v) is 9.49. The lowest BCUT2D eigenvalue weighted by Crippen LogP contribution is -2.42. The third-order valence-corrected chi connectivity index (χ3v) is 4.00. The molecule has 0 spiro atoms. The first-order valence-corrected chi connectivity index (χ1v) is 6.42. The summed E-state index contributed by atoms with van der Waals surface area (Å²) in [4.78, 5) is 0. The fourth-order valence-corrected chi connectivity index (χ4v) is 2.99. The maximum absolute atomic E-state index is 9.71. The molecule has 4 N–H and O–H groups in total. The Morgan fingerprint density at radius 1 is 1.13 bits per heavy atom. The van der Waals surface area contributed by atoms with Crippen molar-refractivity contribution in [1.82, 2.24) is 5.32 Å². The zero-order valence-electron chi connectivity index (χ0n) is 9.49. The Hall–Kier alpha value is -0.120. The van der Waals surface area contributed by atoms with Gasteiger partial charge < -0.3 is 16.2 Å². The van der Waals surface area contributed by atoms with Crippen molar-refractivity contribution >= 4 is 0 Å². The molecule has 3 heteroatoms.